The summed E-state index contributed by atoms with van der Waals surface area (Å²) in [7, 11) is 0. The van der Waals surface area contributed by atoms with Crippen LogP contribution in [0.3, 0.4) is 0 Å². The average molecular weight is 320 g/mol. The summed E-state index contributed by atoms with van der Waals surface area (Å²) in [6.45, 7) is 0. The van der Waals surface area contributed by atoms with Crippen LogP contribution in [0, 0.1) is 5.82 Å². The van der Waals surface area contributed by atoms with Gasteiger partial charge in [0.15, 0.2) is 5.60 Å². The Bertz CT molecular complexity index is 429. The van der Waals surface area contributed by atoms with Crippen molar-refractivity contribution in [3.63, 3.8) is 0 Å². The number of thioether (sulfide) groups is 1. The molecule has 1 fully saturated rings. The molecule has 0 radical (unpaired) electrons. The van der Waals surface area contributed by atoms with E-state index in [1.54, 1.807) is 6.07 Å². The lowest BCUT2D eigenvalue weighted by molar-refractivity contribution is -0.131. The molecule has 1 aliphatic heterocycles. The molecule has 1 amide bonds. The maximum atomic E-state index is 13.1. The maximum absolute atomic E-state index is 13.1. The van der Waals surface area contributed by atoms with Crippen molar-refractivity contribution in [3.8, 4) is 0 Å². The number of hydrogen-bond donors (Lipinski definition) is 2. The van der Waals surface area contributed by atoms with Gasteiger partial charge < -0.3 is 10.4 Å². The Morgan fingerprint density at radius 2 is 2.29 bits per heavy atom. The van der Waals surface area contributed by atoms with E-state index in [9.17, 15) is 14.3 Å². The molecular weight excluding hydrogens is 309 g/mol. The molecule has 0 spiro atoms. The molecule has 0 aliphatic carbocycles. The van der Waals surface area contributed by atoms with Gasteiger partial charge in [0.2, 0.25) is 0 Å². The Morgan fingerprint density at radius 1 is 1.53 bits per heavy atom. The van der Waals surface area contributed by atoms with Gasteiger partial charge in [-0.15, -0.1) is 0 Å². The summed E-state index contributed by atoms with van der Waals surface area (Å²) < 4.78 is 13.6. The lowest BCUT2D eigenvalue weighted by Gasteiger charge is -2.20. The fraction of sp³-hybridized carbons (Fsp3) is 0.364. The van der Waals surface area contributed by atoms with E-state index in [4.69, 9.17) is 0 Å². The lowest BCUT2D eigenvalue weighted by atomic mass is 10.0. The first kappa shape index (κ1) is 12.9. The van der Waals surface area contributed by atoms with Crippen LogP contribution in [-0.4, -0.2) is 28.1 Å². The van der Waals surface area contributed by atoms with E-state index >= 15 is 0 Å². The van der Waals surface area contributed by atoms with Gasteiger partial charge in [0.1, 0.15) is 5.82 Å². The molecule has 0 saturated carbocycles. The summed E-state index contributed by atoms with van der Waals surface area (Å²) in [5, 5.41) is 12.6. The quantitative estimate of drug-likeness (QED) is 0.880. The van der Waals surface area contributed by atoms with Crippen LogP contribution in [0.2, 0.25) is 0 Å². The molecule has 1 aliphatic rings. The number of aliphatic hydroxyl groups is 1. The van der Waals surface area contributed by atoms with Crippen molar-refractivity contribution >= 4 is 39.3 Å². The number of amides is 1. The van der Waals surface area contributed by atoms with Crippen molar-refractivity contribution in [2.45, 2.75) is 12.0 Å². The summed E-state index contributed by atoms with van der Waals surface area (Å²) in [5.41, 5.74) is -0.990. The van der Waals surface area contributed by atoms with Gasteiger partial charge >= 0.3 is 0 Å². The van der Waals surface area contributed by atoms with Crippen molar-refractivity contribution in [1.82, 2.24) is 0 Å². The van der Waals surface area contributed by atoms with Gasteiger partial charge in [-0.05, 0) is 30.4 Å². The number of benzene rings is 1. The molecule has 1 atom stereocenters. The molecule has 92 valence electrons. The van der Waals surface area contributed by atoms with Crippen LogP contribution in [0.1, 0.15) is 6.42 Å². The van der Waals surface area contributed by atoms with Gasteiger partial charge in [-0.2, -0.15) is 11.8 Å². The average Bonchev–Trinajstić information content (AvgIpc) is 2.64. The molecule has 0 bridgehead atoms. The number of rotatable bonds is 2. The fourth-order valence-corrected chi connectivity index (χ4v) is 3.31. The van der Waals surface area contributed by atoms with Crippen LogP contribution in [-0.2, 0) is 4.79 Å². The van der Waals surface area contributed by atoms with Crippen LogP contribution < -0.4 is 5.32 Å². The van der Waals surface area contributed by atoms with Crippen LogP contribution in [0.25, 0.3) is 0 Å². The molecule has 2 N–H and O–H groups in total. The molecule has 0 aromatic heterocycles. The molecule has 2 rings (SSSR count). The van der Waals surface area contributed by atoms with E-state index in [2.05, 4.69) is 21.2 Å². The summed E-state index contributed by atoms with van der Waals surface area (Å²) >= 11 is 4.67. The standard InChI is InChI=1S/C11H11BrFNO2S/c12-7-3-8(13)5-9(4-7)14-10(15)11(16)1-2-17-6-11/h3-5,16H,1-2,6H2,(H,14,15). The van der Waals surface area contributed by atoms with Crippen molar-refractivity contribution in [2.24, 2.45) is 0 Å². The molecule has 6 heteroatoms. The number of carbonyl (C=O) groups excluding carboxylic acids is 1. The highest BCUT2D eigenvalue weighted by atomic mass is 79.9. The maximum Gasteiger partial charge on any atom is 0.257 e. The van der Waals surface area contributed by atoms with E-state index in [1.165, 1.54) is 23.9 Å². The second-order valence-electron chi connectivity index (χ2n) is 3.95. The Balaban J connectivity index is 2.12. The van der Waals surface area contributed by atoms with Crippen LogP contribution in [0.4, 0.5) is 10.1 Å². The Morgan fingerprint density at radius 3 is 2.88 bits per heavy atom. The normalized spacial score (nSPS) is 23.7. The minimum Gasteiger partial charge on any atom is -0.379 e. The highest BCUT2D eigenvalue weighted by molar-refractivity contribution is 9.10. The third kappa shape index (κ3) is 3.00. The molecule has 1 unspecified atom stereocenters. The molecule has 1 aromatic carbocycles. The Hall–Kier alpha value is -0.590. The second kappa shape index (κ2) is 4.96. The fourth-order valence-electron chi connectivity index (χ4n) is 1.61. The van der Waals surface area contributed by atoms with Crippen LogP contribution in [0.5, 0.6) is 0 Å². The Labute approximate surface area is 111 Å². The summed E-state index contributed by atoms with van der Waals surface area (Å²) in [4.78, 5) is 11.8. The predicted molar refractivity (Wildman–Crippen MR) is 69.6 cm³/mol. The van der Waals surface area contributed by atoms with Gasteiger partial charge in [0.25, 0.3) is 5.91 Å². The predicted octanol–water partition coefficient (Wildman–Crippen LogP) is 2.39. The minimum absolute atomic E-state index is 0.340. The van der Waals surface area contributed by atoms with E-state index in [0.717, 1.165) is 5.75 Å². The van der Waals surface area contributed by atoms with E-state index in [-0.39, 0.29) is 0 Å². The van der Waals surface area contributed by atoms with Crippen molar-refractivity contribution in [1.29, 1.82) is 0 Å². The summed E-state index contributed by atoms with van der Waals surface area (Å²) in [6, 6.07) is 4.11. The highest BCUT2D eigenvalue weighted by Crippen LogP contribution is 2.29. The number of carbonyl (C=O) groups is 1. The van der Waals surface area contributed by atoms with E-state index in [1.807, 2.05) is 0 Å². The number of halogens is 2. The van der Waals surface area contributed by atoms with Crippen molar-refractivity contribution < 1.29 is 14.3 Å². The van der Waals surface area contributed by atoms with Crippen LogP contribution in [0.15, 0.2) is 22.7 Å². The third-order valence-electron chi connectivity index (χ3n) is 2.54. The first-order chi connectivity index (χ1) is 7.99. The second-order valence-corrected chi connectivity index (χ2v) is 5.97. The van der Waals surface area contributed by atoms with Gasteiger partial charge in [-0.1, -0.05) is 15.9 Å². The van der Waals surface area contributed by atoms with Crippen molar-refractivity contribution in [2.75, 3.05) is 16.8 Å². The topological polar surface area (TPSA) is 49.3 Å². The molecule has 1 saturated heterocycles. The molecule has 1 aromatic rings. The molecular formula is C11H11BrFNO2S. The zero-order valence-corrected chi connectivity index (χ0v) is 11.3. The monoisotopic (exact) mass is 319 g/mol. The van der Waals surface area contributed by atoms with Crippen LogP contribution >= 0.6 is 27.7 Å². The summed E-state index contributed by atoms with van der Waals surface area (Å²) in [6.07, 6.45) is 0.431. The summed E-state index contributed by atoms with van der Waals surface area (Å²) in [5.74, 6) is 0.231. The minimum atomic E-state index is -1.33. The van der Waals surface area contributed by atoms with Gasteiger partial charge in [-0.3, -0.25) is 4.79 Å². The van der Waals surface area contributed by atoms with E-state index in [0.29, 0.717) is 22.3 Å². The molecule has 17 heavy (non-hydrogen) atoms. The SMILES string of the molecule is O=C(Nc1cc(F)cc(Br)c1)C1(O)CCSC1. The Kier molecular flexibility index (Phi) is 3.75. The highest BCUT2D eigenvalue weighted by Gasteiger charge is 2.39. The zero-order chi connectivity index (χ0) is 12.5. The third-order valence-corrected chi connectivity index (χ3v) is 4.18. The first-order valence-electron chi connectivity index (χ1n) is 5.07. The first-order valence-corrected chi connectivity index (χ1v) is 7.02. The van der Waals surface area contributed by atoms with Crippen molar-refractivity contribution in [3.05, 3.63) is 28.5 Å². The largest absolute Gasteiger partial charge is 0.379 e. The van der Waals surface area contributed by atoms with Gasteiger partial charge in [0.05, 0.1) is 0 Å². The van der Waals surface area contributed by atoms with E-state index < -0.39 is 17.3 Å². The number of hydrogen-bond acceptors (Lipinski definition) is 3. The lowest BCUT2D eigenvalue weighted by Crippen LogP contribution is -2.42. The zero-order valence-electron chi connectivity index (χ0n) is 8.87. The van der Waals surface area contributed by atoms with Gasteiger partial charge in [-0.25, -0.2) is 4.39 Å². The molecule has 3 nitrogen and oxygen atoms in total. The van der Waals surface area contributed by atoms with Gasteiger partial charge in [0, 0.05) is 15.9 Å². The molecule has 1 heterocycles. The number of nitrogens with one attached hydrogen (secondary N) is 1. The smallest absolute Gasteiger partial charge is 0.257 e. The number of anilines is 1.